The van der Waals surface area contributed by atoms with Gasteiger partial charge in [0.15, 0.2) is 0 Å². The Morgan fingerprint density at radius 1 is 0.519 bits per heavy atom. The van der Waals surface area contributed by atoms with E-state index in [1.807, 2.05) is 21.1 Å². The fourth-order valence-electron chi connectivity index (χ4n) is 6.77. The fraction of sp³-hybridized carbons (Fsp3) is 1.00. The molecule has 0 N–H and O–H groups in total. The van der Waals surface area contributed by atoms with E-state index in [0.29, 0.717) is 36.8 Å². The summed E-state index contributed by atoms with van der Waals surface area (Å²) < 4.78 is 35.6. The Morgan fingerprint density at radius 2 is 0.962 bits per heavy atom. The standard InChI is InChI=1S/C44H92NO6P/c1-10-11-12-13-14-15-16-17-18-19-20-21-22-23-35-48-38-44(39-51-52(46,47)50-37-34-45(7,8)9)49-36-33-43(6)32-26-31-42(5)30-25-29-41(4)28-24-27-40(2)3/h40-44H,10-39H2,1-9H3/t41-,42-,43+,44-/m1/s1. The zero-order valence-electron chi connectivity index (χ0n) is 36.4. The molecule has 0 aromatic carbocycles. The number of rotatable bonds is 40. The van der Waals surface area contributed by atoms with E-state index in [0.717, 1.165) is 30.6 Å². The smallest absolute Gasteiger partial charge is 0.268 e. The van der Waals surface area contributed by atoms with E-state index >= 15 is 0 Å². The van der Waals surface area contributed by atoms with Crippen LogP contribution in [0, 0.1) is 23.7 Å². The first kappa shape index (κ1) is 52.0. The zero-order chi connectivity index (χ0) is 38.9. The van der Waals surface area contributed by atoms with E-state index in [-0.39, 0.29) is 13.2 Å². The highest BCUT2D eigenvalue weighted by Crippen LogP contribution is 2.38. The van der Waals surface area contributed by atoms with Crippen LogP contribution in [-0.4, -0.2) is 71.3 Å². The molecule has 5 atom stereocenters. The number of hydrogen-bond acceptors (Lipinski definition) is 6. The Hall–Kier alpha value is -0.0100. The molecule has 0 heterocycles. The molecule has 0 rings (SSSR count). The molecule has 0 aromatic heterocycles. The second-order valence-electron chi connectivity index (χ2n) is 18.0. The molecule has 0 amide bonds. The van der Waals surface area contributed by atoms with Gasteiger partial charge in [-0.25, -0.2) is 0 Å². The molecule has 1 unspecified atom stereocenters. The molecule has 0 spiro atoms. The maximum Gasteiger partial charge on any atom is 0.268 e. The van der Waals surface area contributed by atoms with E-state index < -0.39 is 13.9 Å². The van der Waals surface area contributed by atoms with Gasteiger partial charge in [0.1, 0.15) is 19.3 Å². The van der Waals surface area contributed by atoms with Crippen molar-refractivity contribution >= 4 is 7.82 Å². The van der Waals surface area contributed by atoms with Crippen molar-refractivity contribution in [2.75, 3.05) is 60.7 Å². The zero-order valence-corrected chi connectivity index (χ0v) is 37.3. The topological polar surface area (TPSA) is 77.1 Å². The third kappa shape index (κ3) is 38.3. The van der Waals surface area contributed by atoms with Crippen molar-refractivity contribution in [1.82, 2.24) is 0 Å². The third-order valence-corrected chi connectivity index (χ3v) is 11.6. The summed E-state index contributed by atoms with van der Waals surface area (Å²) in [5.41, 5.74) is 0. The van der Waals surface area contributed by atoms with Crippen LogP contribution >= 0.6 is 7.82 Å². The van der Waals surface area contributed by atoms with Crippen molar-refractivity contribution in [3.05, 3.63) is 0 Å². The van der Waals surface area contributed by atoms with Gasteiger partial charge in [0, 0.05) is 13.2 Å². The summed E-state index contributed by atoms with van der Waals surface area (Å²) in [5, 5.41) is 0. The first-order valence-corrected chi connectivity index (χ1v) is 23.8. The second kappa shape index (κ2) is 34.3. The van der Waals surface area contributed by atoms with Gasteiger partial charge in [0.05, 0.1) is 34.4 Å². The van der Waals surface area contributed by atoms with E-state index in [4.69, 9.17) is 18.5 Å². The summed E-state index contributed by atoms with van der Waals surface area (Å²) in [7, 11) is 1.59. The summed E-state index contributed by atoms with van der Waals surface area (Å²) in [6, 6.07) is 0. The van der Waals surface area contributed by atoms with Crippen molar-refractivity contribution in [3.8, 4) is 0 Å². The van der Waals surface area contributed by atoms with Gasteiger partial charge in [0.25, 0.3) is 7.82 Å². The van der Waals surface area contributed by atoms with Gasteiger partial charge in [-0.2, -0.15) is 0 Å². The Morgan fingerprint density at radius 3 is 1.42 bits per heavy atom. The monoisotopic (exact) mass is 762 g/mol. The van der Waals surface area contributed by atoms with E-state index in [1.54, 1.807) is 0 Å². The molecule has 0 saturated heterocycles. The molecule has 0 fully saturated rings. The average Bonchev–Trinajstić information content (AvgIpc) is 3.05. The highest BCUT2D eigenvalue weighted by molar-refractivity contribution is 7.45. The molecule has 0 saturated carbocycles. The van der Waals surface area contributed by atoms with Crippen LogP contribution in [0.2, 0.25) is 0 Å². The van der Waals surface area contributed by atoms with Crippen LogP contribution in [0.3, 0.4) is 0 Å². The van der Waals surface area contributed by atoms with E-state index in [2.05, 4.69) is 41.5 Å². The van der Waals surface area contributed by atoms with Crippen molar-refractivity contribution in [1.29, 1.82) is 0 Å². The van der Waals surface area contributed by atoms with Crippen molar-refractivity contribution in [2.45, 2.75) is 202 Å². The van der Waals surface area contributed by atoms with E-state index in [1.165, 1.54) is 141 Å². The number of phosphoric acid groups is 1. The molecule has 0 bridgehead atoms. The Kier molecular flexibility index (Phi) is 34.2. The van der Waals surface area contributed by atoms with Crippen LogP contribution < -0.4 is 4.89 Å². The molecular formula is C44H92NO6P. The van der Waals surface area contributed by atoms with Crippen LogP contribution in [0.15, 0.2) is 0 Å². The number of likely N-dealkylation sites (N-methyl/N-ethyl adjacent to an activating group) is 1. The van der Waals surface area contributed by atoms with Crippen LogP contribution in [0.1, 0.15) is 196 Å². The lowest BCUT2D eigenvalue weighted by atomic mass is 9.91. The first-order chi connectivity index (χ1) is 24.7. The number of nitrogens with zero attached hydrogens (tertiary/aromatic N) is 1. The summed E-state index contributed by atoms with van der Waals surface area (Å²) in [6.45, 7) is 16.2. The quantitative estimate of drug-likeness (QED) is 0.0351. The lowest BCUT2D eigenvalue weighted by molar-refractivity contribution is -0.870. The van der Waals surface area contributed by atoms with Crippen LogP contribution in [0.4, 0.5) is 0 Å². The number of ether oxygens (including phenoxy) is 2. The predicted molar refractivity (Wildman–Crippen MR) is 222 cm³/mol. The third-order valence-electron chi connectivity index (χ3n) is 10.6. The SMILES string of the molecule is CCCCCCCCCCCCCCCCOC[C@H](COP(=O)([O-])OCC[N+](C)(C)C)OCC[C@@H](C)CCC[C@H](C)CCC[C@H](C)CCCC(C)C. The van der Waals surface area contributed by atoms with Crippen LogP contribution in [-0.2, 0) is 23.1 Å². The van der Waals surface area contributed by atoms with Gasteiger partial charge >= 0.3 is 0 Å². The van der Waals surface area contributed by atoms with Crippen molar-refractivity contribution in [2.24, 2.45) is 23.7 Å². The molecule has 8 heteroatoms. The van der Waals surface area contributed by atoms with Gasteiger partial charge in [-0.15, -0.1) is 0 Å². The summed E-state index contributed by atoms with van der Waals surface area (Å²) in [4.78, 5) is 12.4. The Balaban J connectivity index is 4.34. The van der Waals surface area contributed by atoms with Gasteiger partial charge in [-0.3, -0.25) is 4.57 Å². The second-order valence-corrected chi connectivity index (χ2v) is 19.5. The van der Waals surface area contributed by atoms with Crippen LogP contribution in [0.25, 0.3) is 0 Å². The van der Waals surface area contributed by atoms with E-state index in [9.17, 15) is 9.46 Å². The number of hydrogen-bond donors (Lipinski definition) is 0. The fourth-order valence-corrected chi connectivity index (χ4v) is 7.50. The largest absolute Gasteiger partial charge is 0.756 e. The van der Waals surface area contributed by atoms with Crippen molar-refractivity contribution in [3.63, 3.8) is 0 Å². The number of quaternary nitrogens is 1. The van der Waals surface area contributed by atoms with Gasteiger partial charge in [-0.05, 0) is 36.5 Å². The highest BCUT2D eigenvalue weighted by Gasteiger charge is 2.18. The maximum absolute atomic E-state index is 12.4. The minimum Gasteiger partial charge on any atom is -0.756 e. The molecule has 0 aliphatic heterocycles. The number of unbranched alkanes of at least 4 members (excludes halogenated alkanes) is 13. The molecular weight excluding hydrogens is 669 g/mol. The van der Waals surface area contributed by atoms with Crippen LogP contribution in [0.5, 0.6) is 0 Å². The van der Waals surface area contributed by atoms with Crippen molar-refractivity contribution < 1.29 is 32.5 Å². The molecule has 314 valence electrons. The molecule has 52 heavy (non-hydrogen) atoms. The number of phosphoric ester groups is 1. The Labute approximate surface area is 325 Å². The molecule has 0 aliphatic carbocycles. The normalized spacial score (nSPS) is 15.9. The molecule has 0 radical (unpaired) electrons. The summed E-state index contributed by atoms with van der Waals surface area (Å²) >= 11 is 0. The predicted octanol–water partition coefficient (Wildman–Crippen LogP) is 12.5. The first-order valence-electron chi connectivity index (χ1n) is 22.3. The average molecular weight is 762 g/mol. The van der Waals surface area contributed by atoms with Gasteiger partial charge in [-0.1, -0.05) is 183 Å². The molecule has 0 aromatic rings. The lowest BCUT2D eigenvalue weighted by Gasteiger charge is -2.28. The molecule has 7 nitrogen and oxygen atoms in total. The maximum atomic E-state index is 12.4. The Bertz CT molecular complexity index is 806. The highest BCUT2D eigenvalue weighted by atomic mass is 31.2. The molecule has 0 aliphatic rings. The minimum absolute atomic E-state index is 0.0773. The summed E-state index contributed by atoms with van der Waals surface area (Å²) in [5.74, 6) is 3.04. The lowest BCUT2D eigenvalue weighted by Crippen LogP contribution is -2.37. The minimum atomic E-state index is -4.40. The van der Waals surface area contributed by atoms with Gasteiger partial charge < -0.3 is 27.9 Å². The summed E-state index contributed by atoms with van der Waals surface area (Å²) in [6.07, 6.45) is 31.0. The van der Waals surface area contributed by atoms with Gasteiger partial charge in [0.2, 0.25) is 0 Å².